The molecule has 0 aliphatic carbocycles. The number of unbranched alkanes of at least 4 members (excludes halogenated alkanes) is 10. The van der Waals surface area contributed by atoms with Gasteiger partial charge in [0.05, 0.1) is 0 Å². The van der Waals surface area contributed by atoms with Crippen LogP contribution in [0.1, 0.15) is 71.1 Å². The zero-order valence-electron chi connectivity index (χ0n) is 9.36. The summed E-state index contributed by atoms with van der Waals surface area (Å²) in [5.74, 6) is 0. The lowest BCUT2D eigenvalue weighted by Gasteiger charge is -2.00. The largest absolute Gasteiger partial charge is 0.0654 e. The van der Waals surface area contributed by atoms with E-state index in [0.717, 1.165) is 6.42 Å². The molecule has 0 heterocycles. The van der Waals surface area contributed by atoms with Crippen molar-refractivity contribution in [2.24, 2.45) is 0 Å². The van der Waals surface area contributed by atoms with Crippen LogP contribution in [0.25, 0.3) is 0 Å². The van der Waals surface area contributed by atoms with Gasteiger partial charge in [0.2, 0.25) is 0 Å². The maximum atomic E-state index is 3.85. The predicted octanol–water partition coefficient (Wildman–Crippen LogP) is 4.95. The van der Waals surface area contributed by atoms with Crippen LogP contribution in [-0.4, -0.2) is 0 Å². The summed E-state index contributed by atoms with van der Waals surface area (Å²) in [6, 6.07) is 0. The van der Waals surface area contributed by atoms with Gasteiger partial charge < -0.3 is 0 Å². The standard InChI is InChI=1S/C13H26/c1-3-5-7-9-11-13-12-10-8-6-4-2/h8H,1,3-7,9-13H2,2H3. The molecule has 0 atom stereocenters. The van der Waals surface area contributed by atoms with Gasteiger partial charge in [0.15, 0.2) is 0 Å². The molecule has 0 aromatic carbocycles. The first-order chi connectivity index (χ1) is 6.41. The van der Waals surface area contributed by atoms with Crippen LogP contribution >= 0.6 is 0 Å². The van der Waals surface area contributed by atoms with Gasteiger partial charge in [-0.05, 0) is 6.42 Å². The normalized spacial score (nSPS) is 10.6. The molecule has 0 aliphatic rings. The molecule has 0 rings (SSSR count). The molecule has 0 nitrogen and oxygen atoms in total. The Hall–Kier alpha value is 0. The van der Waals surface area contributed by atoms with Crippen LogP contribution in [-0.2, 0) is 0 Å². The third kappa shape index (κ3) is 12.0. The molecule has 0 saturated carbocycles. The van der Waals surface area contributed by atoms with Crippen molar-refractivity contribution in [3.8, 4) is 0 Å². The van der Waals surface area contributed by atoms with Crippen LogP contribution in [0.5, 0.6) is 0 Å². The molecule has 0 aromatic rings. The van der Waals surface area contributed by atoms with E-state index in [1.54, 1.807) is 0 Å². The smallest absolute Gasteiger partial charge is 0.0386 e. The summed E-state index contributed by atoms with van der Waals surface area (Å²) in [4.78, 5) is 0. The maximum absolute atomic E-state index is 3.85. The summed E-state index contributed by atoms with van der Waals surface area (Å²) in [6.07, 6.45) is 15.9. The van der Waals surface area contributed by atoms with Crippen molar-refractivity contribution in [2.75, 3.05) is 0 Å². The number of hydrogen-bond donors (Lipinski definition) is 0. The maximum Gasteiger partial charge on any atom is -0.0386 e. The molecule has 0 aromatic heterocycles. The van der Waals surface area contributed by atoms with E-state index in [9.17, 15) is 0 Å². The van der Waals surface area contributed by atoms with E-state index in [1.807, 2.05) is 0 Å². The monoisotopic (exact) mass is 182 g/mol. The lowest BCUT2D eigenvalue weighted by Crippen LogP contribution is -1.81. The van der Waals surface area contributed by atoms with E-state index in [0.29, 0.717) is 0 Å². The molecule has 0 unspecified atom stereocenters. The van der Waals surface area contributed by atoms with Gasteiger partial charge in [-0.1, -0.05) is 78.1 Å². The summed E-state index contributed by atoms with van der Waals surface area (Å²) < 4.78 is 0. The van der Waals surface area contributed by atoms with Crippen molar-refractivity contribution in [1.29, 1.82) is 0 Å². The topological polar surface area (TPSA) is 0 Å². The van der Waals surface area contributed by atoms with Crippen LogP contribution < -0.4 is 0 Å². The quantitative estimate of drug-likeness (QED) is 0.419. The van der Waals surface area contributed by atoms with Crippen LogP contribution in [0.3, 0.4) is 0 Å². The highest BCUT2D eigenvalue weighted by molar-refractivity contribution is 4.62. The molecular weight excluding hydrogens is 156 g/mol. The van der Waals surface area contributed by atoms with Crippen molar-refractivity contribution in [3.05, 3.63) is 13.3 Å². The average Bonchev–Trinajstić information content (AvgIpc) is 2.16. The Bertz CT molecular complexity index is 66.1. The first kappa shape index (κ1) is 13.0. The Kier molecular flexibility index (Phi) is 12.0. The fourth-order valence-electron chi connectivity index (χ4n) is 1.52. The lowest BCUT2D eigenvalue weighted by molar-refractivity contribution is 0.590. The predicted molar refractivity (Wildman–Crippen MR) is 61.5 cm³/mol. The molecule has 0 aliphatic heterocycles. The molecule has 0 spiro atoms. The molecule has 0 saturated heterocycles. The fraction of sp³-hybridized carbons (Fsp3) is 0.846. The van der Waals surface area contributed by atoms with E-state index in [-0.39, 0.29) is 0 Å². The minimum absolute atomic E-state index is 1.12. The molecular formula is C13H26. The van der Waals surface area contributed by atoms with Gasteiger partial charge in [-0.2, -0.15) is 0 Å². The van der Waals surface area contributed by atoms with Crippen LogP contribution in [0.15, 0.2) is 0 Å². The Morgan fingerprint density at radius 2 is 1.46 bits per heavy atom. The second-order valence-corrected chi connectivity index (χ2v) is 3.84. The number of hydrogen-bond acceptors (Lipinski definition) is 0. The average molecular weight is 182 g/mol. The third-order valence-corrected chi connectivity index (χ3v) is 2.40. The summed E-state index contributed by atoms with van der Waals surface area (Å²) in [7, 11) is 0. The van der Waals surface area contributed by atoms with Gasteiger partial charge >= 0.3 is 0 Å². The highest BCUT2D eigenvalue weighted by Crippen LogP contribution is 2.10. The molecule has 0 bridgehead atoms. The van der Waals surface area contributed by atoms with Gasteiger partial charge in [0, 0.05) is 0 Å². The van der Waals surface area contributed by atoms with Crippen molar-refractivity contribution in [3.63, 3.8) is 0 Å². The van der Waals surface area contributed by atoms with Crippen LogP contribution in [0.2, 0.25) is 0 Å². The Labute approximate surface area is 85.1 Å². The summed E-state index contributed by atoms with van der Waals surface area (Å²) in [5.41, 5.74) is 0. The molecule has 13 heavy (non-hydrogen) atoms. The molecule has 0 heteroatoms. The van der Waals surface area contributed by atoms with Crippen molar-refractivity contribution in [2.45, 2.75) is 71.1 Å². The van der Waals surface area contributed by atoms with E-state index in [2.05, 4.69) is 20.3 Å². The van der Waals surface area contributed by atoms with Gasteiger partial charge in [-0.25, -0.2) is 0 Å². The van der Waals surface area contributed by atoms with Gasteiger partial charge in [-0.15, -0.1) is 0 Å². The van der Waals surface area contributed by atoms with E-state index in [1.165, 1.54) is 57.8 Å². The highest BCUT2D eigenvalue weighted by atomic mass is 14.0. The third-order valence-electron chi connectivity index (χ3n) is 2.40. The van der Waals surface area contributed by atoms with Crippen molar-refractivity contribution >= 4 is 0 Å². The number of rotatable bonds is 10. The summed E-state index contributed by atoms with van der Waals surface area (Å²) in [6.45, 7) is 6.09. The molecule has 78 valence electrons. The van der Waals surface area contributed by atoms with Gasteiger partial charge in [0.25, 0.3) is 0 Å². The Morgan fingerprint density at radius 3 is 2.08 bits per heavy atom. The lowest BCUT2D eigenvalue weighted by atomic mass is 10.1. The molecule has 0 amide bonds. The van der Waals surface area contributed by atoms with Crippen LogP contribution in [0.4, 0.5) is 0 Å². The van der Waals surface area contributed by atoms with Gasteiger partial charge in [0.1, 0.15) is 0 Å². The fourth-order valence-corrected chi connectivity index (χ4v) is 1.52. The Balaban J connectivity index is 2.76. The summed E-state index contributed by atoms with van der Waals surface area (Å²) >= 11 is 0. The molecule has 0 N–H and O–H groups in total. The minimum Gasteiger partial charge on any atom is -0.0654 e. The van der Waals surface area contributed by atoms with E-state index < -0.39 is 0 Å². The SMILES string of the molecule is [CH2]CCCCCCCC[CH]CCC. The van der Waals surface area contributed by atoms with Crippen molar-refractivity contribution < 1.29 is 0 Å². The second-order valence-electron chi connectivity index (χ2n) is 3.84. The second kappa shape index (κ2) is 12.0. The Morgan fingerprint density at radius 1 is 0.846 bits per heavy atom. The minimum atomic E-state index is 1.12. The first-order valence-corrected chi connectivity index (χ1v) is 6.02. The van der Waals surface area contributed by atoms with Gasteiger partial charge in [-0.3, -0.25) is 0 Å². The molecule has 0 fully saturated rings. The highest BCUT2D eigenvalue weighted by Gasteiger charge is 1.91. The summed E-state index contributed by atoms with van der Waals surface area (Å²) in [5, 5.41) is 0. The zero-order valence-corrected chi connectivity index (χ0v) is 9.36. The first-order valence-electron chi connectivity index (χ1n) is 6.02. The van der Waals surface area contributed by atoms with Crippen LogP contribution in [0, 0.1) is 13.3 Å². The van der Waals surface area contributed by atoms with E-state index in [4.69, 9.17) is 0 Å². The van der Waals surface area contributed by atoms with E-state index >= 15 is 0 Å². The van der Waals surface area contributed by atoms with Crippen molar-refractivity contribution in [1.82, 2.24) is 0 Å². The molecule has 2 radical (unpaired) electrons. The zero-order chi connectivity index (χ0) is 9.78.